The molecule has 0 saturated carbocycles. The number of nitrogens with zero attached hydrogens (tertiary/aromatic N) is 4. The van der Waals surface area contributed by atoms with Crippen LogP contribution in [0.15, 0.2) is 42.1 Å². The van der Waals surface area contributed by atoms with Crippen LogP contribution in [0.4, 0.5) is 5.13 Å². The number of nitriles is 1. The van der Waals surface area contributed by atoms with Crippen LogP contribution in [0.2, 0.25) is 0 Å². The van der Waals surface area contributed by atoms with Gasteiger partial charge in [-0.05, 0) is 49.6 Å². The molecule has 1 N–H and O–H groups in total. The molecule has 0 bridgehead atoms. The Kier molecular flexibility index (Phi) is 5.48. The fourth-order valence-corrected chi connectivity index (χ4v) is 3.48. The zero-order valence-corrected chi connectivity index (χ0v) is 16.2. The maximum atomic E-state index is 12.5. The summed E-state index contributed by atoms with van der Waals surface area (Å²) in [6.45, 7) is 6.04. The molecule has 0 radical (unpaired) electrons. The van der Waals surface area contributed by atoms with E-state index in [1.807, 2.05) is 67.9 Å². The lowest BCUT2D eigenvalue weighted by Gasteiger charge is -2.13. The first kappa shape index (κ1) is 18.5. The normalized spacial score (nSPS) is 11.3. The number of hydrogen-bond acceptors (Lipinski definition) is 5. The predicted octanol–water partition coefficient (Wildman–Crippen LogP) is 4.05. The van der Waals surface area contributed by atoms with Gasteiger partial charge in [0.2, 0.25) is 5.13 Å². The molecule has 0 unspecified atom stereocenters. The summed E-state index contributed by atoms with van der Waals surface area (Å²) >= 11 is 1.30. The van der Waals surface area contributed by atoms with Gasteiger partial charge in [-0.25, -0.2) is 0 Å². The third kappa shape index (κ3) is 3.96. The molecule has 0 aliphatic rings. The minimum Gasteiger partial charge on any atom is -0.317 e. The molecule has 1 aromatic carbocycles. The van der Waals surface area contributed by atoms with E-state index < -0.39 is 5.91 Å². The summed E-state index contributed by atoms with van der Waals surface area (Å²) in [6.07, 6.45) is 4.26. The molecule has 3 aromatic rings. The second-order valence-corrected chi connectivity index (χ2v) is 7.08. The number of carbonyl (C=O) groups is 1. The van der Waals surface area contributed by atoms with Gasteiger partial charge in [0.15, 0.2) is 0 Å². The van der Waals surface area contributed by atoms with Crippen LogP contribution in [-0.4, -0.2) is 20.7 Å². The van der Waals surface area contributed by atoms with Gasteiger partial charge >= 0.3 is 0 Å². The van der Waals surface area contributed by atoms with Gasteiger partial charge in [0.25, 0.3) is 5.91 Å². The van der Waals surface area contributed by atoms with E-state index in [9.17, 15) is 10.1 Å². The quantitative estimate of drug-likeness (QED) is 0.537. The molecular weight excluding hydrogens is 358 g/mol. The molecule has 1 amide bonds. The molecule has 7 heteroatoms. The largest absolute Gasteiger partial charge is 0.317 e. The Labute approximate surface area is 161 Å². The summed E-state index contributed by atoms with van der Waals surface area (Å²) in [5, 5.41) is 21.2. The van der Waals surface area contributed by atoms with Crippen molar-refractivity contribution >= 4 is 28.5 Å². The molecule has 0 saturated heterocycles. The zero-order valence-electron chi connectivity index (χ0n) is 15.4. The third-order valence-electron chi connectivity index (χ3n) is 4.11. The highest BCUT2D eigenvalue weighted by Crippen LogP contribution is 2.23. The zero-order chi connectivity index (χ0) is 19.4. The molecule has 0 atom stereocenters. The highest BCUT2D eigenvalue weighted by atomic mass is 32.1. The van der Waals surface area contributed by atoms with Crippen molar-refractivity contribution in [2.75, 3.05) is 5.32 Å². The third-order valence-corrected chi connectivity index (χ3v) is 5.09. The van der Waals surface area contributed by atoms with Crippen molar-refractivity contribution in [2.24, 2.45) is 0 Å². The molecule has 2 aromatic heterocycles. The van der Waals surface area contributed by atoms with Crippen molar-refractivity contribution in [1.29, 1.82) is 5.26 Å². The molecule has 136 valence electrons. The van der Waals surface area contributed by atoms with Crippen LogP contribution >= 0.6 is 11.3 Å². The number of nitrogens with one attached hydrogen (secondary N) is 1. The molecule has 0 aliphatic carbocycles. The Morgan fingerprint density at radius 2 is 2.00 bits per heavy atom. The number of anilines is 1. The Bertz CT molecular complexity index is 1030. The number of carbonyl (C=O) groups excluding carboxylic acids is 1. The Hall–Kier alpha value is -3.24. The predicted molar refractivity (Wildman–Crippen MR) is 107 cm³/mol. The molecular formula is C20H19N5OS. The summed E-state index contributed by atoms with van der Waals surface area (Å²) in [4.78, 5) is 12.5. The summed E-state index contributed by atoms with van der Waals surface area (Å²) in [6, 6.07) is 11.8. The van der Waals surface area contributed by atoms with Crippen LogP contribution in [0.1, 0.15) is 28.8 Å². The van der Waals surface area contributed by atoms with Gasteiger partial charge in [-0.3, -0.25) is 10.1 Å². The molecule has 3 rings (SSSR count). The van der Waals surface area contributed by atoms with Crippen LogP contribution < -0.4 is 5.32 Å². The van der Waals surface area contributed by atoms with Crippen LogP contribution in [-0.2, 0) is 11.2 Å². The van der Waals surface area contributed by atoms with Crippen molar-refractivity contribution < 1.29 is 4.79 Å². The topological polar surface area (TPSA) is 83.6 Å². The Balaban J connectivity index is 1.92. The number of amides is 1. The van der Waals surface area contributed by atoms with Crippen molar-refractivity contribution in [2.45, 2.75) is 27.2 Å². The SMILES string of the molecule is CCc1nnc(NC(=O)/C(C#N)=C\c2cccn2-c2c(C)cccc2C)s1. The van der Waals surface area contributed by atoms with Crippen LogP contribution in [0.3, 0.4) is 0 Å². The second-order valence-electron chi connectivity index (χ2n) is 6.02. The first-order valence-corrected chi connectivity index (χ1v) is 9.34. The van der Waals surface area contributed by atoms with E-state index in [2.05, 4.69) is 15.5 Å². The lowest BCUT2D eigenvalue weighted by Crippen LogP contribution is -2.13. The fourth-order valence-electron chi connectivity index (χ4n) is 2.81. The first-order chi connectivity index (χ1) is 13.0. The van der Waals surface area contributed by atoms with E-state index in [1.165, 1.54) is 11.3 Å². The molecule has 27 heavy (non-hydrogen) atoms. The fraction of sp³-hybridized carbons (Fsp3) is 0.200. The number of rotatable bonds is 5. The molecule has 0 fully saturated rings. The lowest BCUT2D eigenvalue weighted by molar-refractivity contribution is -0.112. The summed E-state index contributed by atoms with van der Waals surface area (Å²) in [7, 11) is 0. The monoisotopic (exact) mass is 377 g/mol. The van der Waals surface area contributed by atoms with E-state index in [0.717, 1.165) is 33.9 Å². The van der Waals surface area contributed by atoms with Gasteiger partial charge in [0.05, 0.1) is 5.69 Å². The smallest absolute Gasteiger partial charge is 0.268 e. The number of aromatic nitrogens is 3. The number of aryl methyl sites for hydroxylation is 3. The lowest BCUT2D eigenvalue weighted by atomic mass is 10.1. The van der Waals surface area contributed by atoms with Gasteiger partial charge in [0, 0.05) is 11.9 Å². The van der Waals surface area contributed by atoms with Crippen LogP contribution in [0.25, 0.3) is 11.8 Å². The van der Waals surface area contributed by atoms with E-state index in [4.69, 9.17) is 0 Å². The molecule has 0 spiro atoms. The number of benzene rings is 1. The maximum absolute atomic E-state index is 12.5. The van der Waals surface area contributed by atoms with Crippen molar-refractivity contribution in [3.8, 4) is 11.8 Å². The number of para-hydroxylation sites is 1. The highest BCUT2D eigenvalue weighted by molar-refractivity contribution is 7.15. The Morgan fingerprint density at radius 1 is 1.26 bits per heavy atom. The maximum Gasteiger partial charge on any atom is 0.268 e. The van der Waals surface area contributed by atoms with Gasteiger partial charge in [0.1, 0.15) is 16.6 Å². The van der Waals surface area contributed by atoms with Gasteiger partial charge in [-0.1, -0.05) is 36.5 Å². The molecule has 6 nitrogen and oxygen atoms in total. The van der Waals surface area contributed by atoms with Crippen molar-refractivity contribution in [1.82, 2.24) is 14.8 Å². The second kappa shape index (κ2) is 7.98. The van der Waals surface area contributed by atoms with E-state index in [1.54, 1.807) is 6.08 Å². The van der Waals surface area contributed by atoms with E-state index in [0.29, 0.717) is 5.13 Å². The highest BCUT2D eigenvalue weighted by Gasteiger charge is 2.14. The van der Waals surface area contributed by atoms with E-state index in [-0.39, 0.29) is 5.57 Å². The minimum absolute atomic E-state index is 0.00874. The van der Waals surface area contributed by atoms with Crippen molar-refractivity contribution in [3.63, 3.8) is 0 Å². The standard InChI is InChI=1S/C20H19N5OS/c1-4-17-23-24-20(27-17)22-19(26)15(12-21)11-16-9-6-10-25(16)18-13(2)7-5-8-14(18)3/h5-11H,4H2,1-3H3,(H,22,24,26)/b15-11-. The van der Waals surface area contributed by atoms with Crippen LogP contribution in [0, 0.1) is 25.2 Å². The van der Waals surface area contributed by atoms with E-state index >= 15 is 0 Å². The first-order valence-electron chi connectivity index (χ1n) is 8.53. The molecule has 2 heterocycles. The summed E-state index contributed by atoms with van der Waals surface area (Å²) in [5.74, 6) is -0.495. The average molecular weight is 377 g/mol. The average Bonchev–Trinajstić information content (AvgIpc) is 3.29. The van der Waals surface area contributed by atoms with Crippen LogP contribution in [0.5, 0.6) is 0 Å². The van der Waals surface area contributed by atoms with Gasteiger partial charge in [-0.15, -0.1) is 10.2 Å². The van der Waals surface area contributed by atoms with Gasteiger partial charge < -0.3 is 4.57 Å². The van der Waals surface area contributed by atoms with Crippen molar-refractivity contribution in [3.05, 3.63) is 63.9 Å². The van der Waals surface area contributed by atoms with Gasteiger partial charge in [-0.2, -0.15) is 5.26 Å². The summed E-state index contributed by atoms with van der Waals surface area (Å²) < 4.78 is 1.98. The minimum atomic E-state index is -0.495. The summed E-state index contributed by atoms with van der Waals surface area (Å²) in [5.41, 5.74) is 4.04. The Morgan fingerprint density at radius 3 is 2.63 bits per heavy atom. The number of hydrogen-bond donors (Lipinski definition) is 1. The molecule has 0 aliphatic heterocycles.